The standard InChI is InChI=1S/C26H30N2O4/c1-30-26(29)21-14-24(31-17-22(27)12-19-8-4-2-5-9-19)16-25(15-21)32-18-23(28)13-20-10-6-3-7-11-20/h2-11,14-16,22-23H,12-13,17-18,27-28H2,1H3/t22-,23-/m0/s1. The molecule has 168 valence electrons. The summed E-state index contributed by atoms with van der Waals surface area (Å²) in [5, 5.41) is 0. The number of hydrogen-bond acceptors (Lipinski definition) is 6. The van der Waals surface area contributed by atoms with Gasteiger partial charge in [-0.05, 0) is 36.1 Å². The molecular formula is C26H30N2O4. The second-order valence-electron chi connectivity index (χ2n) is 7.71. The maximum absolute atomic E-state index is 12.1. The van der Waals surface area contributed by atoms with Crippen LogP contribution in [-0.2, 0) is 17.6 Å². The van der Waals surface area contributed by atoms with Crippen molar-refractivity contribution in [1.82, 2.24) is 0 Å². The summed E-state index contributed by atoms with van der Waals surface area (Å²) in [7, 11) is 1.34. The van der Waals surface area contributed by atoms with Gasteiger partial charge in [-0.25, -0.2) is 4.79 Å². The van der Waals surface area contributed by atoms with Crippen LogP contribution in [0.3, 0.4) is 0 Å². The van der Waals surface area contributed by atoms with E-state index in [1.807, 2.05) is 60.7 Å². The fraction of sp³-hybridized carbons (Fsp3) is 0.269. The highest BCUT2D eigenvalue weighted by Crippen LogP contribution is 2.24. The molecule has 4 N–H and O–H groups in total. The van der Waals surface area contributed by atoms with Crippen molar-refractivity contribution in [3.63, 3.8) is 0 Å². The molecular weight excluding hydrogens is 404 g/mol. The van der Waals surface area contributed by atoms with Gasteiger partial charge in [0.25, 0.3) is 0 Å². The molecule has 3 aromatic carbocycles. The van der Waals surface area contributed by atoms with Gasteiger partial charge >= 0.3 is 5.97 Å². The van der Waals surface area contributed by atoms with E-state index in [-0.39, 0.29) is 12.1 Å². The van der Waals surface area contributed by atoms with E-state index in [0.29, 0.717) is 43.1 Å². The number of methoxy groups -OCH3 is 1. The Morgan fingerprint density at radius 3 is 1.59 bits per heavy atom. The van der Waals surface area contributed by atoms with Gasteiger partial charge in [-0.1, -0.05) is 60.7 Å². The van der Waals surface area contributed by atoms with Crippen LogP contribution in [0, 0.1) is 0 Å². The van der Waals surface area contributed by atoms with E-state index in [1.54, 1.807) is 18.2 Å². The van der Waals surface area contributed by atoms with Crippen LogP contribution in [0.4, 0.5) is 0 Å². The van der Waals surface area contributed by atoms with Crippen LogP contribution in [0.15, 0.2) is 78.9 Å². The third kappa shape index (κ3) is 7.41. The summed E-state index contributed by atoms with van der Waals surface area (Å²) < 4.78 is 16.6. The summed E-state index contributed by atoms with van der Waals surface area (Å²) in [5.41, 5.74) is 15.1. The highest BCUT2D eigenvalue weighted by atomic mass is 16.5. The van der Waals surface area contributed by atoms with Crippen LogP contribution in [0.2, 0.25) is 0 Å². The molecule has 0 saturated carbocycles. The summed E-state index contributed by atoms with van der Waals surface area (Å²) in [6.45, 7) is 0.596. The molecule has 6 heteroatoms. The first kappa shape index (κ1) is 23.3. The molecule has 0 amide bonds. The first-order valence-corrected chi connectivity index (χ1v) is 10.6. The molecule has 32 heavy (non-hydrogen) atoms. The molecule has 0 heterocycles. The number of rotatable bonds is 11. The average Bonchev–Trinajstić information content (AvgIpc) is 2.82. The van der Waals surface area contributed by atoms with Gasteiger partial charge in [0.05, 0.1) is 12.7 Å². The number of hydrogen-bond donors (Lipinski definition) is 2. The number of carbonyl (C=O) groups is 1. The van der Waals surface area contributed by atoms with Crippen LogP contribution in [0.1, 0.15) is 21.5 Å². The largest absolute Gasteiger partial charge is 0.492 e. The van der Waals surface area contributed by atoms with Crippen molar-refractivity contribution >= 4 is 5.97 Å². The van der Waals surface area contributed by atoms with E-state index < -0.39 is 5.97 Å². The number of carbonyl (C=O) groups excluding carboxylic acids is 1. The molecule has 0 unspecified atom stereocenters. The summed E-state index contributed by atoms with van der Waals surface area (Å²) in [6.07, 6.45) is 1.38. The second kappa shape index (κ2) is 11.9. The lowest BCUT2D eigenvalue weighted by Gasteiger charge is -2.17. The van der Waals surface area contributed by atoms with Crippen molar-refractivity contribution < 1.29 is 19.0 Å². The normalized spacial score (nSPS) is 12.6. The van der Waals surface area contributed by atoms with Crippen molar-refractivity contribution in [2.45, 2.75) is 24.9 Å². The second-order valence-corrected chi connectivity index (χ2v) is 7.71. The Hall–Kier alpha value is -3.35. The summed E-state index contributed by atoms with van der Waals surface area (Å²) >= 11 is 0. The van der Waals surface area contributed by atoms with Gasteiger partial charge in [0.15, 0.2) is 0 Å². The van der Waals surface area contributed by atoms with Gasteiger partial charge in [0.2, 0.25) is 0 Å². The van der Waals surface area contributed by atoms with Gasteiger partial charge in [-0.2, -0.15) is 0 Å². The molecule has 0 aliphatic heterocycles. The highest BCUT2D eigenvalue weighted by Gasteiger charge is 2.13. The van der Waals surface area contributed by atoms with Crippen LogP contribution in [-0.4, -0.2) is 38.4 Å². The highest BCUT2D eigenvalue weighted by molar-refractivity contribution is 5.90. The number of ether oxygens (including phenoxy) is 3. The Labute approximate surface area is 189 Å². The zero-order valence-electron chi connectivity index (χ0n) is 18.3. The number of esters is 1. The van der Waals surface area contributed by atoms with Crippen LogP contribution in [0.25, 0.3) is 0 Å². The van der Waals surface area contributed by atoms with E-state index in [0.717, 1.165) is 11.1 Å². The van der Waals surface area contributed by atoms with E-state index in [1.165, 1.54) is 7.11 Å². The topological polar surface area (TPSA) is 96.8 Å². The van der Waals surface area contributed by atoms with E-state index in [2.05, 4.69) is 0 Å². The van der Waals surface area contributed by atoms with Crippen molar-refractivity contribution in [2.24, 2.45) is 11.5 Å². The van der Waals surface area contributed by atoms with Crippen molar-refractivity contribution in [1.29, 1.82) is 0 Å². The predicted molar refractivity (Wildman–Crippen MR) is 125 cm³/mol. The van der Waals surface area contributed by atoms with Crippen LogP contribution >= 0.6 is 0 Å². The van der Waals surface area contributed by atoms with Gasteiger partial charge in [0, 0.05) is 18.2 Å². The van der Waals surface area contributed by atoms with Gasteiger partial charge in [-0.3, -0.25) is 0 Å². The Kier molecular flexibility index (Phi) is 8.66. The summed E-state index contributed by atoms with van der Waals surface area (Å²) in [5.74, 6) is 0.508. The molecule has 0 radical (unpaired) electrons. The van der Waals surface area contributed by atoms with Gasteiger partial charge < -0.3 is 25.7 Å². The Bertz CT molecular complexity index is 910. The van der Waals surface area contributed by atoms with Crippen molar-refractivity contribution in [3.8, 4) is 11.5 Å². The average molecular weight is 435 g/mol. The van der Waals surface area contributed by atoms with Crippen LogP contribution < -0.4 is 20.9 Å². The molecule has 0 aliphatic rings. The Morgan fingerprint density at radius 2 is 1.19 bits per heavy atom. The van der Waals surface area contributed by atoms with Crippen LogP contribution in [0.5, 0.6) is 11.5 Å². The first-order chi connectivity index (χ1) is 15.5. The lowest BCUT2D eigenvalue weighted by atomic mass is 10.1. The minimum absolute atomic E-state index is 0.192. The molecule has 3 aromatic rings. The summed E-state index contributed by atoms with van der Waals surface area (Å²) in [6, 6.07) is 24.6. The molecule has 0 spiro atoms. The molecule has 3 rings (SSSR count). The number of benzene rings is 3. The maximum atomic E-state index is 12.1. The fourth-order valence-electron chi connectivity index (χ4n) is 3.33. The lowest BCUT2D eigenvalue weighted by molar-refractivity contribution is 0.0599. The minimum atomic E-state index is -0.470. The Morgan fingerprint density at radius 1 is 0.750 bits per heavy atom. The zero-order valence-corrected chi connectivity index (χ0v) is 18.3. The fourth-order valence-corrected chi connectivity index (χ4v) is 3.33. The van der Waals surface area contributed by atoms with Crippen molar-refractivity contribution in [3.05, 3.63) is 95.6 Å². The van der Waals surface area contributed by atoms with Crippen molar-refractivity contribution in [2.75, 3.05) is 20.3 Å². The molecule has 0 bridgehead atoms. The molecule has 2 atom stereocenters. The lowest BCUT2D eigenvalue weighted by Crippen LogP contribution is -2.30. The maximum Gasteiger partial charge on any atom is 0.338 e. The quantitative estimate of drug-likeness (QED) is 0.449. The van der Waals surface area contributed by atoms with Gasteiger partial charge in [0.1, 0.15) is 24.7 Å². The monoisotopic (exact) mass is 434 g/mol. The summed E-state index contributed by atoms with van der Waals surface area (Å²) in [4.78, 5) is 12.1. The smallest absolute Gasteiger partial charge is 0.338 e. The third-order valence-electron chi connectivity index (χ3n) is 4.91. The molecule has 0 aromatic heterocycles. The molecule has 0 saturated heterocycles. The Balaban J connectivity index is 1.61. The SMILES string of the molecule is COC(=O)c1cc(OC[C@@H](N)Cc2ccccc2)cc(OC[C@@H](N)Cc2ccccc2)c1. The third-order valence-corrected chi connectivity index (χ3v) is 4.91. The molecule has 0 aliphatic carbocycles. The van der Waals surface area contributed by atoms with E-state index >= 15 is 0 Å². The predicted octanol–water partition coefficient (Wildman–Crippen LogP) is 3.37. The zero-order chi connectivity index (χ0) is 22.8. The van der Waals surface area contributed by atoms with E-state index in [9.17, 15) is 4.79 Å². The molecule has 6 nitrogen and oxygen atoms in total. The minimum Gasteiger partial charge on any atom is -0.492 e. The van der Waals surface area contributed by atoms with E-state index in [4.69, 9.17) is 25.7 Å². The van der Waals surface area contributed by atoms with Gasteiger partial charge in [-0.15, -0.1) is 0 Å². The molecule has 0 fully saturated rings. The number of nitrogens with two attached hydrogens (primary N) is 2. The first-order valence-electron chi connectivity index (χ1n) is 10.6.